The standard InChI is InChI=1S/C22H13F3N2O3/c23-22(24,25)17-18(13-4-2-1-3-5-13)27-30-20(17)21-26-16-9-7-14-10-12(11-28)6-8-15(14)19(16)29-21/h1-6,8,10-11H,7,9H2. The zero-order valence-electron chi connectivity index (χ0n) is 15.4. The predicted octanol–water partition coefficient (Wildman–Crippen LogP) is 5.59. The van der Waals surface area contributed by atoms with Gasteiger partial charge in [-0.15, -0.1) is 0 Å². The van der Waals surface area contributed by atoms with Crippen LogP contribution in [-0.4, -0.2) is 16.4 Å². The lowest BCUT2D eigenvalue weighted by atomic mass is 9.92. The molecule has 1 aliphatic carbocycles. The van der Waals surface area contributed by atoms with Gasteiger partial charge in [-0.25, -0.2) is 4.98 Å². The number of alkyl halides is 3. The molecule has 0 fully saturated rings. The number of aldehydes is 1. The molecule has 1 aliphatic rings. The minimum atomic E-state index is -4.72. The molecule has 0 spiro atoms. The molecular weight excluding hydrogens is 397 g/mol. The SMILES string of the molecule is O=Cc1ccc2c(c1)CCc1nc(-c3onc(-c4ccccc4)c3C(F)(F)F)oc1-2. The lowest BCUT2D eigenvalue weighted by Crippen LogP contribution is -2.07. The van der Waals surface area contributed by atoms with E-state index in [1.165, 1.54) is 12.1 Å². The molecule has 2 aromatic carbocycles. The molecule has 5 rings (SSSR count). The fraction of sp³-hybridized carbons (Fsp3) is 0.136. The Bertz CT molecular complexity index is 1260. The Morgan fingerprint density at radius 2 is 1.80 bits per heavy atom. The van der Waals surface area contributed by atoms with Crippen molar-refractivity contribution in [2.75, 3.05) is 0 Å². The van der Waals surface area contributed by atoms with Crippen LogP contribution in [0.5, 0.6) is 0 Å². The van der Waals surface area contributed by atoms with Crippen molar-refractivity contribution < 1.29 is 26.9 Å². The predicted molar refractivity (Wildman–Crippen MR) is 101 cm³/mol. The maximum atomic E-state index is 13.9. The molecule has 0 saturated heterocycles. The van der Waals surface area contributed by atoms with Gasteiger partial charge in [0.1, 0.15) is 17.5 Å². The summed E-state index contributed by atoms with van der Waals surface area (Å²) < 4.78 is 52.6. The van der Waals surface area contributed by atoms with Gasteiger partial charge in [0.25, 0.3) is 5.89 Å². The summed E-state index contributed by atoms with van der Waals surface area (Å²) in [5.74, 6) is -0.439. The highest BCUT2D eigenvalue weighted by molar-refractivity contribution is 5.79. The minimum absolute atomic E-state index is 0.269. The van der Waals surface area contributed by atoms with E-state index in [0.717, 1.165) is 11.8 Å². The lowest BCUT2D eigenvalue weighted by Gasteiger charge is -2.13. The van der Waals surface area contributed by atoms with E-state index in [1.807, 2.05) is 0 Å². The molecule has 0 unspecified atom stereocenters. The van der Waals surface area contributed by atoms with Gasteiger partial charge in [-0.2, -0.15) is 13.2 Å². The number of carbonyl (C=O) groups is 1. The molecule has 2 heterocycles. The maximum Gasteiger partial charge on any atom is 0.422 e. The number of nitrogens with zero attached hydrogens (tertiary/aromatic N) is 2. The van der Waals surface area contributed by atoms with Crippen molar-refractivity contribution in [2.24, 2.45) is 0 Å². The van der Waals surface area contributed by atoms with Gasteiger partial charge in [0, 0.05) is 16.7 Å². The number of halogens is 3. The minimum Gasteiger partial charge on any atom is -0.433 e. The van der Waals surface area contributed by atoms with Crippen molar-refractivity contribution >= 4 is 6.29 Å². The Hall–Kier alpha value is -3.68. The van der Waals surface area contributed by atoms with Crippen LogP contribution in [0.4, 0.5) is 13.2 Å². The second kappa shape index (κ2) is 6.69. The van der Waals surface area contributed by atoms with Crippen LogP contribution in [0.15, 0.2) is 57.5 Å². The van der Waals surface area contributed by atoms with E-state index in [4.69, 9.17) is 8.94 Å². The van der Waals surface area contributed by atoms with E-state index in [-0.39, 0.29) is 17.1 Å². The third kappa shape index (κ3) is 2.92. The fourth-order valence-corrected chi connectivity index (χ4v) is 3.69. The molecule has 0 bridgehead atoms. The summed E-state index contributed by atoms with van der Waals surface area (Å²) >= 11 is 0. The summed E-state index contributed by atoms with van der Waals surface area (Å²) in [5, 5.41) is 3.67. The van der Waals surface area contributed by atoms with Crippen molar-refractivity contribution in [3.05, 3.63) is 70.9 Å². The molecule has 0 atom stereocenters. The molecular formula is C22H13F3N2O3. The summed E-state index contributed by atoms with van der Waals surface area (Å²) in [4.78, 5) is 15.3. The molecule has 0 aliphatic heterocycles. The van der Waals surface area contributed by atoms with Gasteiger partial charge in [0.15, 0.2) is 5.76 Å². The van der Waals surface area contributed by atoms with Crippen LogP contribution in [0.1, 0.15) is 27.2 Å². The largest absolute Gasteiger partial charge is 0.433 e. The number of fused-ring (bicyclic) bond motifs is 3. The van der Waals surface area contributed by atoms with Crippen LogP contribution in [-0.2, 0) is 19.0 Å². The average molecular weight is 410 g/mol. The summed E-state index contributed by atoms with van der Waals surface area (Å²) in [6.45, 7) is 0. The Kier molecular flexibility index (Phi) is 4.09. The third-order valence-corrected chi connectivity index (χ3v) is 5.06. The lowest BCUT2D eigenvalue weighted by molar-refractivity contribution is -0.136. The van der Waals surface area contributed by atoms with E-state index >= 15 is 0 Å². The number of aryl methyl sites for hydroxylation is 2. The van der Waals surface area contributed by atoms with Crippen molar-refractivity contribution in [1.29, 1.82) is 0 Å². The normalized spacial score (nSPS) is 13.0. The number of hydrogen-bond acceptors (Lipinski definition) is 5. The Morgan fingerprint density at radius 1 is 1.00 bits per heavy atom. The highest BCUT2D eigenvalue weighted by atomic mass is 19.4. The number of oxazole rings is 1. The maximum absolute atomic E-state index is 13.9. The smallest absolute Gasteiger partial charge is 0.422 e. The van der Waals surface area contributed by atoms with Gasteiger partial charge in [-0.3, -0.25) is 4.79 Å². The first-order valence-corrected chi connectivity index (χ1v) is 9.16. The van der Waals surface area contributed by atoms with Gasteiger partial charge in [-0.1, -0.05) is 47.6 Å². The molecule has 5 nitrogen and oxygen atoms in total. The number of carbonyl (C=O) groups excluding carboxylic acids is 1. The fourth-order valence-electron chi connectivity index (χ4n) is 3.69. The topological polar surface area (TPSA) is 69.1 Å². The van der Waals surface area contributed by atoms with Crippen LogP contribution in [0.25, 0.3) is 34.2 Å². The van der Waals surface area contributed by atoms with E-state index < -0.39 is 17.5 Å². The zero-order valence-corrected chi connectivity index (χ0v) is 15.4. The van der Waals surface area contributed by atoms with Gasteiger partial charge < -0.3 is 8.94 Å². The zero-order chi connectivity index (χ0) is 20.9. The van der Waals surface area contributed by atoms with Crippen molar-refractivity contribution in [3.8, 4) is 34.2 Å². The van der Waals surface area contributed by atoms with E-state index in [2.05, 4.69) is 10.1 Å². The average Bonchev–Trinajstić information content (AvgIpc) is 3.38. The van der Waals surface area contributed by atoms with Crippen molar-refractivity contribution in [2.45, 2.75) is 19.0 Å². The van der Waals surface area contributed by atoms with Crippen LogP contribution in [0, 0.1) is 0 Å². The molecule has 8 heteroatoms. The van der Waals surface area contributed by atoms with Gasteiger partial charge in [0.2, 0.25) is 5.76 Å². The molecule has 2 aromatic heterocycles. The van der Waals surface area contributed by atoms with Crippen molar-refractivity contribution in [1.82, 2.24) is 10.1 Å². The third-order valence-electron chi connectivity index (χ3n) is 5.06. The molecule has 0 N–H and O–H groups in total. The number of hydrogen-bond donors (Lipinski definition) is 0. The summed E-state index contributed by atoms with van der Waals surface area (Å²) in [7, 11) is 0. The number of rotatable bonds is 3. The van der Waals surface area contributed by atoms with Crippen LogP contribution >= 0.6 is 0 Å². The number of benzene rings is 2. The van der Waals surface area contributed by atoms with E-state index in [0.29, 0.717) is 35.4 Å². The highest BCUT2D eigenvalue weighted by Crippen LogP contribution is 2.45. The first kappa shape index (κ1) is 18.4. The molecule has 30 heavy (non-hydrogen) atoms. The Morgan fingerprint density at radius 3 is 2.53 bits per heavy atom. The summed E-state index contributed by atoms with van der Waals surface area (Å²) in [5.41, 5.74) is 1.60. The highest BCUT2D eigenvalue weighted by Gasteiger charge is 2.43. The van der Waals surface area contributed by atoms with Gasteiger partial charge in [-0.05, 0) is 24.5 Å². The number of aromatic nitrogens is 2. The van der Waals surface area contributed by atoms with Crippen LogP contribution < -0.4 is 0 Å². The molecule has 0 saturated carbocycles. The van der Waals surface area contributed by atoms with E-state index in [1.54, 1.807) is 36.4 Å². The first-order chi connectivity index (χ1) is 14.5. The molecule has 0 radical (unpaired) electrons. The summed E-state index contributed by atoms with van der Waals surface area (Å²) in [6.07, 6.45) is -2.88. The monoisotopic (exact) mass is 410 g/mol. The van der Waals surface area contributed by atoms with Crippen LogP contribution in [0.3, 0.4) is 0 Å². The molecule has 0 amide bonds. The molecule has 4 aromatic rings. The molecule has 150 valence electrons. The quantitative estimate of drug-likeness (QED) is 0.412. The summed E-state index contributed by atoms with van der Waals surface area (Å²) in [6, 6.07) is 13.1. The Labute approximate surface area is 168 Å². The second-order valence-electron chi connectivity index (χ2n) is 6.93. The Balaban J connectivity index is 1.65. The van der Waals surface area contributed by atoms with Crippen molar-refractivity contribution in [3.63, 3.8) is 0 Å². The second-order valence-corrected chi connectivity index (χ2v) is 6.93. The van der Waals surface area contributed by atoms with Gasteiger partial charge in [0.05, 0.1) is 5.69 Å². The van der Waals surface area contributed by atoms with Gasteiger partial charge >= 0.3 is 6.18 Å². The van der Waals surface area contributed by atoms with E-state index in [9.17, 15) is 18.0 Å². The van der Waals surface area contributed by atoms with Crippen LogP contribution in [0.2, 0.25) is 0 Å². The first-order valence-electron chi connectivity index (χ1n) is 9.16.